The number of carbonyl (C=O) groups excluding carboxylic acids is 6. The second-order valence-electron chi connectivity index (χ2n) is 16.3. The highest BCUT2D eigenvalue weighted by atomic mass is 16.6. The minimum absolute atomic E-state index is 0.0449. The molecule has 8 heterocycles. The molecule has 0 bridgehead atoms. The van der Waals surface area contributed by atoms with Crippen molar-refractivity contribution in [2.75, 3.05) is 62.2 Å². The van der Waals surface area contributed by atoms with E-state index in [0.29, 0.717) is 50.0 Å². The third-order valence-electron chi connectivity index (χ3n) is 12.3. The second kappa shape index (κ2) is 14.2. The molecule has 6 aliphatic heterocycles. The molecule has 1 spiro atoms. The third kappa shape index (κ3) is 6.84. The first-order valence-corrected chi connectivity index (χ1v) is 19.6. The monoisotopic (exact) mass is 779 g/mol. The van der Waals surface area contributed by atoms with Gasteiger partial charge in [0.05, 0.1) is 41.8 Å². The molecule has 0 saturated carbocycles. The van der Waals surface area contributed by atoms with Crippen LogP contribution in [0.1, 0.15) is 81.0 Å². The van der Waals surface area contributed by atoms with Gasteiger partial charge in [-0.15, -0.1) is 0 Å². The fourth-order valence-electron chi connectivity index (χ4n) is 9.46. The van der Waals surface area contributed by atoms with E-state index in [2.05, 4.69) is 30.1 Å². The van der Waals surface area contributed by atoms with Crippen molar-refractivity contribution in [1.29, 1.82) is 0 Å². The van der Waals surface area contributed by atoms with Crippen LogP contribution in [0.5, 0.6) is 0 Å². The molecule has 2 aromatic heterocycles. The van der Waals surface area contributed by atoms with Gasteiger partial charge in [0, 0.05) is 77.6 Å². The summed E-state index contributed by atoms with van der Waals surface area (Å²) in [6, 6.07) is 4.24. The smallest absolute Gasteiger partial charge is 0.410 e. The Labute approximate surface area is 328 Å². The van der Waals surface area contributed by atoms with Crippen LogP contribution >= 0.6 is 0 Å². The number of nitrogens with one attached hydrogen (secondary N) is 1. The lowest BCUT2D eigenvalue weighted by molar-refractivity contribution is -0.136. The highest BCUT2D eigenvalue weighted by Gasteiger charge is 2.55. The summed E-state index contributed by atoms with van der Waals surface area (Å²) in [6.45, 7) is 5.75. The van der Waals surface area contributed by atoms with Crippen LogP contribution in [0, 0.1) is 5.92 Å². The first-order valence-electron chi connectivity index (χ1n) is 19.6. The molecule has 1 aromatic carbocycles. The van der Waals surface area contributed by atoms with E-state index in [4.69, 9.17) is 15.5 Å². The van der Waals surface area contributed by atoms with Gasteiger partial charge in [0.15, 0.2) is 5.60 Å². The first-order chi connectivity index (χ1) is 27.4. The summed E-state index contributed by atoms with van der Waals surface area (Å²) in [4.78, 5) is 94.8. The van der Waals surface area contributed by atoms with Gasteiger partial charge in [-0.05, 0) is 61.8 Å². The van der Waals surface area contributed by atoms with Crippen LogP contribution < -0.4 is 20.9 Å². The Morgan fingerprint density at radius 1 is 0.965 bits per heavy atom. The number of nitrogens with zero attached hydrogens (tertiary/aromatic N) is 9. The summed E-state index contributed by atoms with van der Waals surface area (Å²) in [7, 11) is 1.83. The number of hydrogen-bond donors (Lipinski definition) is 2. The molecule has 5 saturated heterocycles. The van der Waals surface area contributed by atoms with Crippen LogP contribution in [0.25, 0.3) is 0 Å². The van der Waals surface area contributed by atoms with E-state index in [1.807, 2.05) is 24.2 Å². The van der Waals surface area contributed by atoms with Crippen molar-refractivity contribution in [1.82, 2.24) is 39.8 Å². The van der Waals surface area contributed by atoms with Crippen molar-refractivity contribution in [3.8, 4) is 0 Å². The van der Waals surface area contributed by atoms with Gasteiger partial charge in [0.2, 0.25) is 11.8 Å². The maximum atomic E-state index is 13.3. The zero-order chi connectivity index (χ0) is 39.6. The number of imide groups is 2. The Morgan fingerprint density at radius 3 is 2.49 bits per heavy atom. The quantitative estimate of drug-likeness (QED) is 0.287. The molecule has 298 valence electrons. The standard InChI is InChI=1S/C39H45N11O7/c1-45-17-24(15-42-45)13-29-33(34(40)52)41-16-31(43-29)48-10-2-3-26(19-48)49-22-39(57-38(49)56)20-46(21-39)18-23-8-11-47(12-9-23)25-4-5-27-28(14-25)37(55)50(36(27)54)30-6-7-32(51)44-35(30)53/h4-5,14-17,23,26,30H,2-3,6-13,18-22H2,1H3,(H2,40,52)(H,44,51,53)/t26-,30?/m1/s1. The molecule has 57 heavy (non-hydrogen) atoms. The van der Waals surface area contributed by atoms with Gasteiger partial charge >= 0.3 is 6.09 Å². The molecular formula is C39H45N11O7. The zero-order valence-corrected chi connectivity index (χ0v) is 31.8. The van der Waals surface area contributed by atoms with E-state index in [1.54, 1.807) is 29.2 Å². The summed E-state index contributed by atoms with van der Waals surface area (Å²) in [5, 5.41) is 6.45. The molecule has 2 atom stereocenters. The number of carbonyl (C=O) groups is 6. The SMILES string of the molecule is Cn1cc(Cc2nc(N3CCC[C@@H](N4CC5(CN(CC6CCN(c7ccc8c(c7)C(=O)N(C7CCC(=O)NC7=O)C8=O)CC6)C5)OC4=O)C3)cnc2C(N)=O)cn1. The Balaban J connectivity index is 0.768. The number of rotatable bonds is 9. The lowest BCUT2D eigenvalue weighted by Gasteiger charge is -2.48. The van der Waals surface area contributed by atoms with Crippen molar-refractivity contribution in [3.63, 3.8) is 0 Å². The molecule has 0 radical (unpaired) electrons. The molecule has 6 amide bonds. The minimum atomic E-state index is -0.989. The number of aryl methyl sites for hydroxylation is 1. The van der Waals surface area contributed by atoms with Crippen molar-refractivity contribution >= 4 is 47.1 Å². The second-order valence-corrected chi connectivity index (χ2v) is 16.3. The Morgan fingerprint density at radius 2 is 1.75 bits per heavy atom. The first kappa shape index (κ1) is 36.7. The van der Waals surface area contributed by atoms with Crippen LogP contribution in [0.2, 0.25) is 0 Å². The number of fused-ring (bicyclic) bond motifs is 1. The van der Waals surface area contributed by atoms with Crippen LogP contribution in [-0.4, -0.2) is 140 Å². The molecule has 1 unspecified atom stereocenters. The van der Waals surface area contributed by atoms with Gasteiger partial charge in [-0.25, -0.2) is 14.8 Å². The van der Waals surface area contributed by atoms with E-state index in [1.165, 1.54) is 0 Å². The van der Waals surface area contributed by atoms with Crippen LogP contribution in [-0.2, 0) is 27.8 Å². The average molecular weight is 780 g/mol. The number of amides is 6. The van der Waals surface area contributed by atoms with Crippen LogP contribution in [0.3, 0.4) is 0 Å². The number of nitrogens with two attached hydrogens (primary N) is 1. The fourth-order valence-corrected chi connectivity index (χ4v) is 9.46. The van der Waals surface area contributed by atoms with Crippen molar-refractivity contribution in [2.45, 2.75) is 62.6 Å². The lowest BCUT2D eigenvalue weighted by Crippen LogP contribution is -2.65. The third-order valence-corrected chi connectivity index (χ3v) is 12.3. The Bertz CT molecular complexity index is 2180. The van der Waals surface area contributed by atoms with Gasteiger partial charge in [0.1, 0.15) is 17.6 Å². The predicted octanol–water partition coefficient (Wildman–Crippen LogP) is 0.693. The van der Waals surface area contributed by atoms with E-state index in [9.17, 15) is 28.8 Å². The molecule has 9 rings (SSSR count). The highest BCUT2D eigenvalue weighted by molar-refractivity contribution is 6.23. The normalized spacial score (nSPS) is 23.9. The summed E-state index contributed by atoms with van der Waals surface area (Å²) in [5.74, 6) is -1.56. The molecular weight excluding hydrogens is 734 g/mol. The number of anilines is 2. The number of hydrogen-bond acceptors (Lipinski definition) is 13. The molecule has 0 aliphatic carbocycles. The number of primary amides is 1. The molecule has 6 aliphatic rings. The summed E-state index contributed by atoms with van der Waals surface area (Å²) >= 11 is 0. The number of ether oxygens (including phenoxy) is 1. The fraction of sp³-hybridized carbons (Fsp3) is 0.513. The van der Waals surface area contributed by atoms with E-state index in [-0.39, 0.29) is 41.8 Å². The molecule has 18 nitrogen and oxygen atoms in total. The maximum Gasteiger partial charge on any atom is 0.410 e. The summed E-state index contributed by atoms with van der Waals surface area (Å²) in [6.07, 6.45) is 9.09. The molecule has 3 N–H and O–H groups in total. The number of likely N-dealkylation sites (tertiary alicyclic amines) is 1. The molecule has 5 fully saturated rings. The van der Waals surface area contributed by atoms with Gasteiger partial charge in [-0.3, -0.25) is 48.7 Å². The molecule has 18 heteroatoms. The van der Waals surface area contributed by atoms with Gasteiger partial charge in [-0.2, -0.15) is 5.10 Å². The average Bonchev–Trinajstić information content (AvgIpc) is 3.84. The van der Waals surface area contributed by atoms with Gasteiger partial charge < -0.3 is 20.3 Å². The number of aromatic nitrogens is 4. The van der Waals surface area contributed by atoms with Gasteiger partial charge in [-0.1, -0.05) is 0 Å². The minimum Gasteiger partial charge on any atom is -0.438 e. The van der Waals surface area contributed by atoms with Crippen molar-refractivity contribution < 1.29 is 33.5 Å². The Kier molecular flexibility index (Phi) is 9.17. The largest absolute Gasteiger partial charge is 0.438 e. The van der Waals surface area contributed by atoms with E-state index >= 15 is 0 Å². The lowest BCUT2D eigenvalue weighted by atomic mass is 9.89. The number of benzene rings is 1. The van der Waals surface area contributed by atoms with E-state index in [0.717, 1.165) is 68.0 Å². The van der Waals surface area contributed by atoms with Crippen molar-refractivity contribution in [3.05, 3.63) is 64.9 Å². The summed E-state index contributed by atoms with van der Waals surface area (Å²) in [5.41, 5.74) is 8.06. The van der Waals surface area contributed by atoms with Crippen LogP contribution in [0.4, 0.5) is 16.3 Å². The Hall–Kier alpha value is -5.91. The molecule has 3 aromatic rings. The zero-order valence-electron chi connectivity index (χ0n) is 31.8. The van der Waals surface area contributed by atoms with Crippen molar-refractivity contribution in [2.24, 2.45) is 18.7 Å². The highest BCUT2D eigenvalue weighted by Crippen LogP contribution is 2.37. The van der Waals surface area contributed by atoms with Crippen LogP contribution in [0.15, 0.2) is 36.8 Å². The maximum absolute atomic E-state index is 13.3. The van der Waals surface area contributed by atoms with Gasteiger partial charge in [0.25, 0.3) is 17.7 Å². The number of piperidine rings is 3. The predicted molar refractivity (Wildman–Crippen MR) is 202 cm³/mol. The summed E-state index contributed by atoms with van der Waals surface area (Å²) < 4.78 is 7.75. The van der Waals surface area contributed by atoms with E-state index < -0.39 is 41.2 Å². The topological polar surface area (TPSA) is 210 Å².